The van der Waals surface area contributed by atoms with Crippen LogP contribution in [0, 0.1) is 22.7 Å². The molecule has 5 atom stereocenters. The predicted octanol–water partition coefficient (Wildman–Crippen LogP) is 2.72. The van der Waals surface area contributed by atoms with E-state index in [1.807, 2.05) is 6.07 Å². The first-order valence-electron chi connectivity index (χ1n) is 9.41. The summed E-state index contributed by atoms with van der Waals surface area (Å²) < 4.78 is 27.1. The molecule has 1 aromatic rings. The van der Waals surface area contributed by atoms with Crippen LogP contribution in [0.5, 0.6) is 0 Å². The van der Waals surface area contributed by atoms with Gasteiger partial charge < -0.3 is 5.11 Å². The van der Waals surface area contributed by atoms with Crippen molar-refractivity contribution in [1.82, 2.24) is 4.31 Å². The Hall–Kier alpha value is -1.40. The second-order valence-electron chi connectivity index (χ2n) is 8.90. The van der Waals surface area contributed by atoms with Gasteiger partial charge in [-0.05, 0) is 36.2 Å². The Labute approximate surface area is 155 Å². The molecule has 3 fully saturated rings. The van der Waals surface area contributed by atoms with Gasteiger partial charge in [-0.3, -0.25) is 4.79 Å². The molecule has 1 saturated heterocycles. The Morgan fingerprint density at radius 2 is 1.92 bits per heavy atom. The van der Waals surface area contributed by atoms with Crippen LogP contribution in [0.4, 0.5) is 0 Å². The largest absolute Gasteiger partial charge is 0.388 e. The first-order valence-corrected chi connectivity index (χ1v) is 11.0. The number of aliphatic hydroxyl groups excluding tert-OH is 1. The van der Waals surface area contributed by atoms with Crippen LogP contribution >= 0.6 is 0 Å². The van der Waals surface area contributed by atoms with Gasteiger partial charge in [0.15, 0.2) is 0 Å². The molecule has 1 aromatic carbocycles. The average Bonchev–Trinajstić information content (AvgIpc) is 3.08. The number of fused-ring (bicyclic) bond motifs is 1. The molecule has 142 valence electrons. The molecule has 1 amide bonds. The van der Waals surface area contributed by atoms with Crippen molar-refractivity contribution in [3.63, 3.8) is 0 Å². The maximum absolute atomic E-state index is 13.2. The van der Waals surface area contributed by atoms with Gasteiger partial charge in [-0.2, -0.15) is 0 Å². The van der Waals surface area contributed by atoms with Crippen LogP contribution < -0.4 is 0 Å². The fourth-order valence-electron chi connectivity index (χ4n) is 5.85. The van der Waals surface area contributed by atoms with E-state index < -0.39 is 28.0 Å². The lowest BCUT2D eigenvalue weighted by atomic mass is 9.69. The molecule has 5 nitrogen and oxygen atoms in total. The molecule has 2 bridgehead atoms. The third-order valence-corrected chi connectivity index (χ3v) is 9.55. The Kier molecular flexibility index (Phi) is 3.84. The first-order chi connectivity index (χ1) is 12.1. The van der Waals surface area contributed by atoms with Gasteiger partial charge in [0.2, 0.25) is 15.9 Å². The van der Waals surface area contributed by atoms with Crippen molar-refractivity contribution in [2.24, 2.45) is 22.7 Å². The van der Waals surface area contributed by atoms with E-state index >= 15 is 0 Å². The Morgan fingerprint density at radius 3 is 2.54 bits per heavy atom. The van der Waals surface area contributed by atoms with Gasteiger partial charge in [0.05, 0.1) is 23.8 Å². The lowest BCUT2D eigenvalue weighted by Gasteiger charge is -2.37. The van der Waals surface area contributed by atoms with Gasteiger partial charge in [-0.25, -0.2) is 12.7 Å². The first kappa shape index (κ1) is 18.0. The summed E-state index contributed by atoms with van der Waals surface area (Å²) in [6.07, 6.45) is 1.66. The van der Waals surface area contributed by atoms with Gasteiger partial charge in [0.1, 0.15) is 0 Å². The number of hydrogen-bond acceptors (Lipinski definition) is 4. The van der Waals surface area contributed by atoms with E-state index in [2.05, 4.69) is 13.8 Å². The minimum atomic E-state index is -3.65. The quantitative estimate of drug-likeness (QED) is 0.879. The molecule has 1 aliphatic heterocycles. The fourth-order valence-corrected chi connectivity index (χ4v) is 8.47. The number of carbonyl (C=O) groups excluding carboxylic acids is 1. The highest BCUT2D eigenvalue weighted by Crippen LogP contribution is 2.70. The van der Waals surface area contributed by atoms with Crippen LogP contribution in [0.25, 0.3) is 0 Å². The third-order valence-electron chi connectivity index (χ3n) is 7.63. The second-order valence-corrected chi connectivity index (χ2v) is 10.7. The Bertz CT molecular complexity index is 835. The highest BCUT2D eigenvalue weighted by molar-refractivity contribution is 7.90. The smallest absolute Gasteiger partial charge is 0.242 e. The molecule has 2 aliphatic carbocycles. The molecule has 3 aliphatic rings. The molecule has 0 aromatic heterocycles. The van der Waals surface area contributed by atoms with Gasteiger partial charge in [-0.1, -0.05) is 51.1 Å². The van der Waals surface area contributed by atoms with Crippen molar-refractivity contribution in [2.75, 3.05) is 5.75 Å². The molecule has 2 saturated carbocycles. The second kappa shape index (κ2) is 5.55. The summed E-state index contributed by atoms with van der Waals surface area (Å²) in [5, 5.41) is 10.6. The van der Waals surface area contributed by atoms with Crippen LogP contribution in [-0.4, -0.2) is 35.5 Å². The van der Waals surface area contributed by atoms with Crippen LogP contribution in [-0.2, 0) is 14.8 Å². The van der Waals surface area contributed by atoms with Crippen molar-refractivity contribution in [3.8, 4) is 0 Å². The van der Waals surface area contributed by atoms with E-state index in [1.165, 1.54) is 0 Å². The van der Waals surface area contributed by atoms with Crippen LogP contribution in [0.2, 0.25) is 0 Å². The highest BCUT2D eigenvalue weighted by Gasteiger charge is 2.72. The maximum atomic E-state index is 13.2. The van der Waals surface area contributed by atoms with Crippen molar-refractivity contribution in [1.29, 1.82) is 0 Å². The minimum Gasteiger partial charge on any atom is -0.388 e. The normalized spacial score (nSPS) is 35.9. The zero-order chi connectivity index (χ0) is 18.9. The average molecular weight is 378 g/mol. The topological polar surface area (TPSA) is 74.7 Å². The monoisotopic (exact) mass is 377 g/mol. The van der Waals surface area contributed by atoms with Crippen molar-refractivity contribution in [3.05, 3.63) is 35.9 Å². The van der Waals surface area contributed by atoms with Crippen molar-refractivity contribution in [2.45, 2.75) is 52.2 Å². The van der Waals surface area contributed by atoms with Gasteiger partial charge in [-0.15, -0.1) is 0 Å². The summed E-state index contributed by atoms with van der Waals surface area (Å²) >= 11 is 0. The molecule has 1 spiro atoms. The van der Waals surface area contributed by atoms with E-state index in [-0.39, 0.29) is 22.6 Å². The van der Waals surface area contributed by atoms with E-state index in [9.17, 15) is 18.3 Å². The van der Waals surface area contributed by atoms with Gasteiger partial charge in [0, 0.05) is 5.41 Å². The molecular weight excluding hydrogens is 350 g/mol. The number of carbonyl (C=O) groups is 1. The van der Waals surface area contributed by atoms with E-state index in [1.54, 1.807) is 31.2 Å². The summed E-state index contributed by atoms with van der Waals surface area (Å²) in [6.45, 7) is 5.95. The SMILES string of the molecule is C[C@H](C(=O)N1[C@@H]2C[C@H]3CC[C@]2(CS1(=O)=O)C3(C)C)[C@@H](O)c1ccccc1. The summed E-state index contributed by atoms with van der Waals surface area (Å²) in [4.78, 5) is 13.2. The van der Waals surface area contributed by atoms with E-state index in [0.29, 0.717) is 11.5 Å². The van der Waals surface area contributed by atoms with Gasteiger partial charge in [0.25, 0.3) is 0 Å². The Balaban J connectivity index is 1.66. The predicted molar refractivity (Wildman–Crippen MR) is 98.5 cm³/mol. The minimum absolute atomic E-state index is 0.0636. The van der Waals surface area contributed by atoms with Crippen LogP contribution in [0.1, 0.15) is 51.7 Å². The molecule has 6 heteroatoms. The number of hydrogen-bond donors (Lipinski definition) is 1. The highest BCUT2D eigenvalue weighted by atomic mass is 32.2. The number of amides is 1. The zero-order valence-corrected chi connectivity index (χ0v) is 16.4. The summed E-state index contributed by atoms with van der Waals surface area (Å²) in [5.41, 5.74) is 0.234. The van der Waals surface area contributed by atoms with Crippen LogP contribution in [0.15, 0.2) is 30.3 Å². The summed E-state index contributed by atoms with van der Waals surface area (Å²) in [7, 11) is -3.65. The maximum Gasteiger partial charge on any atom is 0.242 e. The number of benzene rings is 1. The van der Waals surface area contributed by atoms with E-state index in [4.69, 9.17) is 0 Å². The molecule has 4 rings (SSSR count). The number of aliphatic hydroxyl groups is 1. The lowest BCUT2D eigenvalue weighted by Crippen LogP contribution is -2.46. The molecule has 0 unspecified atom stereocenters. The standard InChI is InChI=1S/C20H27NO4S/c1-13(17(22)14-7-5-4-6-8-14)18(23)21-16-11-15-9-10-20(16,19(15,2)3)12-26(21,24)25/h4-8,13,15-17,22H,9-12H2,1-3H3/t13-,15+,16+,17+,20+/m0/s1. The third kappa shape index (κ3) is 2.18. The molecular formula is C20H27NO4S. The number of nitrogens with zero attached hydrogens (tertiary/aromatic N) is 1. The molecule has 1 N–H and O–H groups in total. The van der Waals surface area contributed by atoms with Crippen molar-refractivity contribution < 1.29 is 18.3 Å². The fraction of sp³-hybridized carbons (Fsp3) is 0.650. The Morgan fingerprint density at radius 1 is 1.27 bits per heavy atom. The number of rotatable bonds is 3. The van der Waals surface area contributed by atoms with Gasteiger partial charge >= 0.3 is 0 Å². The number of sulfonamides is 1. The summed E-state index contributed by atoms with van der Waals surface area (Å²) in [6, 6.07) is 8.71. The van der Waals surface area contributed by atoms with Crippen molar-refractivity contribution >= 4 is 15.9 Å². The zero-order valence-electron chi connectivity index (χ0n) is 15.6. The molecule has 0 radical (unpaired) electrons. The van der Waals surface area contributed by atoms with Crippen LogP contribution in [0.3, 0.4) is 0 Å². The van der Waals surface area contributed by atoms with E-state index in [0.717, 1.165) is 23.6 Å². The molecule has 1 heterocycles. The summed E-state index contributed by atoms with van der Waals surface area (Å²) in [5.74, 6) is -0.738. The molecule has 26 heavy (non-hydrogen) atoms. The lowest BCUT2D eigenvalue weighted by molar-refractivity contribution is -0.136.